The van der Waals surface area contributed by atoms with Gasteiger partial charge in [-0.05, 0) is 57.3 Å². The van der Waals surface area contributed by atoms with Crippen LogP contribution in [0.1, 0.15) is 220 Å². The van der Waals surface area contributed by atoms with Crippen molar-refractivity contribution in [1.29, 1.82) is 0 Å². The molecule has 0 rings (SSSR count). The summed E-state index contributed by atoms with van der Waals surface area (Å²) in [6.45, 7) is 4.43. The monoisotopic (exact) mass is 931 g/mol. The second kappa shape index (κ2) is 44.9. The normalized spacial score (nSPS) is 15.4. The Labute approximate surface area is 389 Å². The molecule has 0 radical (unpaired) electrons. The minimum Gasteiger partial charge on any atom is -0.462 e. The standard InChI is InChI=1S/C51H95O12P/c1-4-6-7-8-9-10-11-21-24-27-30-33-37-48(54)49(55)38-35-40-51(57)63-47(44-62-64(58,59)61-42-46(53)41-52)43-60-50(56)39-34-31-28-25-22-19-17-15-13-12-14-16-18-20-23-26-29-32-36-45(3)5-2/h9-10,21,24,30,33,45-49,52-55H,4-8,11-20,22-23,25-29,31-32,34-44H2,1-3H3,(H,58,59)/b10-9-,24-21-,33-30-/t45?,46-,47+,48?,49?/m0/s1. The Balaban J connectivity index is 4.36. The molecule has 0 aliphatic heterocycles. The SMILES string of the molecule is CCCCC/C=C\C/C=C\C/C=C\CC(O)C(O)CCCC(=O)O[C@H](COC(=O)CCCCCCCCCCCCCCCCCCCCC(C)CC)COP(=O)(O)OC[C@@H](O)CO. The van der Waals surface area contributed by atoms with Crippen LogP contribution in [0.3, 0.4) is 0 Å². The number of hydrogen-bond donors (Lipinski definition) is 5. The number of hydrogen-bond acceptors (Lipinski definition) is 11. The lowest BCUT2D eigenvalue weighted by Crippen LogP contribution is -2.30. The zero-order valence-electron chi connectivity index (χ0n) is 40.6. The molecule has 0 aromatic carbocycles. The van der Waals surface area contributed by atoms with E-state index in [0.717, 1.165) is 44.4 Å². The van der Waals surface area contributed by atoms with E-state index >= 15 is 0 Å². The summed E-state index contributed by atoms with van der Waals surface area (Å²) in [5, 5.41) is 39.2. The Kier molecular flexibility index (Phi) is 43.6. The van der Waals surface area contributed by atoms with Crippen molar-refractivity contribution in [2.75, 3.05) is 26.4 Å². The third-order valence-corrected chi connectivity index (χ3v) is 12.5. The quantitative estimate of drug-likeness (QED) is 0.0168. The first-order valence-corrected chi connectivity index (χ1v) is 27.0. The van der Waals surface area contributed by atoms with Crippen LogP contribution in [-0.4, -0.2) is 88.1 Å². The second-order valence-electron chi connectivity index (χ2n) is 17.8. The van der Waals surface area contributed by atoms with Crippen molar-refractivity contribution in [2.45, 2.75) is 244 Å². The average molecular weight is 931 g/mol. The van der Waals surface area contributed by atoms with Crippen molar-refractivity contribution >= 4 is 19.8 Å². The number of phosphoric ester groups is 1. The molecule has 0 saturated heterocycles. The van der Waals surface area contributed by atoms with Gasteiger partial charge >= 0.3 is 19.8 Å². The lowest BCUT2D eigenvalue weighted by molar-refractivity contribution is -0.161. The first-order chi connectivity index (χ1) is 30.9. The molecule has 0 fully saturated rings. The fraction of sp³-hybridized carbons (Fsp3) is 0.843. The molecule has 0 aromatic heterocycles. The van der Waals surface area contributed by atoms with Gasteiger partial charge < -0.3 is 34.8 Å². The predicted octanol–water partition coefficient (Wildman–Crippen LogP) is 12.1. The van der Waals surface area contributed by atoms with E-state index in [1.54, 1.807) is 0 Å². The van der Waals surface area contributed by atoms with Crippen LogP contribution in [-0.2, 0) is 32.7 Å². The van der Waals surface area contributed by atoms with Gasteiger partial charge in [-0.2, -0.15) is 0 Å². The Bertz CT molecular complexity index is 1210. The van der Waals surface area contributed by atoms with Gasteiger partial charge in [-0.3, -0.25) is 18.6 Å². The fourth-order valence-electron chi connectivity index (χ4n) is 7.07. The van der Waals surface area contributed by atoms with Crippen molar-refractivity contribution in [3.8, 4) is 0 Å². The molecule has 0 aliphatic rings. The zero-order valence-corrected chi connectivity index (χ0v) is 41.5. The Morgan fingerprint density at radius 3 is 1.61 bits per heavy atom. The van der Waals surface area contributed by atoms with Crippen LogP contribution in [0.15, 0.2) is 36.5 Å². The van der Waals surface area contributed by atoms with Crippen LogP contribution in [0.25, 0.3) is 0 Å². The largest absolute Gasteiger partial charge is 0.472 e. The average Bonchev–Trinajstić information content (AvgIpc) is 3.28. The summed E-state index contributed by atoms with van der Waals surface area (Å²) in [7, 11) is -4.70. The molecular weight excluding hydrogens is 836 g/mol. The molecule has 12 nitrogen and oxygen atoms in total. The highest BCUT2D eigenvalue weighted by molar-refractivity contribution is 7.47. The van der Waals surface area contributed by atoms with Crippen LogP contribution in [0.4, 0.5) is 0 Å². The minimum atomic E-state index is -4.70. The minimum absolute atomic E-state index is 0.128. The number of phosphoric acid groups is 1. The maximum absolute atomic E-state index is 12.7. The smallest absolute Gasteiger partial charge is 0.462 e. The van der Waals surface area contributed by atoms with E-state index in [2.05, 4.69) is 49.6 Å². The highest BCUT2D eigenvalue weighted by atomic mass is 31.2. The van der Waals surface area contributed by atoms with Gasteiger partial charge in [-0.25, -0.2) is 4.57 Å². The lowest BCUT2D eigenvalue weighted by Gasteiger charge is -2.20. The van der Waals surface area contributed by atoms with Crippen LogP contribution >= 0.6 is 7.82 Å². The number of carbonyl (C=O) groups excluding carboxylic acids is 2. The molecule has 0 heterocycles. The van der Waals surface area contributed by atoms with E-state index in [4.69, 9.17) is 19.1 Å². The van der Waals surface area contributed by atoms with Gasteiger partial charge in [0.25, 0.3) is 0 Å². The van der Waals surface area contributed by atoms with E-state index in [9.17, 15) is 34.4 Å². The summed E-state index contributed by atoms with van der Waals surface area (Å²) in [6, 6.07) is 0. The van der Waals surface area contributed by atoms with E-state index in [0.29, 0.717) is 6.42 Å². The van der Waals surface area contributed by atoms with Gasteiger partial charge in [0.15, 0.2) is 6.10 Å². The van der Waals surface area contributed by atoms with Crippen LogP contribution in [0, 0.1) is 5.92 Å². The number of aliphatic hydroxyl groups excluding tert-OH is 4. The van der Waals surface area contributed by atoms with E-state index in [1.807, 2.05) is 12.2 Å². The first-order valence-electron chi connectivity index (χ1n) is 25.5. The molecule has 0 bridgehead atoms. The molecule has 0 amide bonds. The molecule has 0 aliphatic carbocycles. The molecule has 0 aromatic rings. The molecule has 0 saturated carbocycles. The summed E-state index contributed by atoms with van der Waals surface area (Å²) >= 11 is 0. The molecule has 0 spiro atoms. The summed E-state index contributed by atoms with van der Waals surface area (Å²) < 4.78 is 32.7. The van der Waals surface area contributed by atoms with E-state index in [1.165, 1.54) is 122 Å². The molecule has 376 valence electrons. The van der Waals surface area contributed by atoms with E-state index in [-0.39, 0.29) is 32.1 Å². The molecule has 64 heavy (non-hydrogen) atoms. The Morgan fingerprint density at radius 2 is 1.06 bits per heavy atom. The maximum atomic E-state index is 12.7. The lowest BCUT2D eigenvalue weighted by atomic mass is 9.99. The third kappa shape index (κ3) is 42.7. The number of ether oxygens (including phenoxy) is 2. The molecule has 5 N–H and O–H groups in total. The summed E-state index contributed by atoms with van der Waals surface area (Å²) in [6.07, 6.45) is 39.9. The van der Waals surface area contributed by atoms with Crippen molar-refractivity contribution in [3.63, 3.8) is 0 Å². The second-order valence-corrected chi connectivity index (χ2v) is 19.2. The number of carbonyl (C=O) groups is 2. The number of esters is 2. The Morgan fingerprint density at radius 1 is 0.562 bits per heavy atom. The van der Waals surface area contributed by atoms with Gasteiger partial charge in [0, 0.05) is 12.8 Å². The fourth-order valence-corrected chi connectivity index (χ4v) is 7.86. The van der Waals surface area contributed by atoms with Crippen LogP contribution in [0.2, 0.25) is 0 Å². The van der Waals surface area contributed by atoms with Crippen molar-refractivity contribution in [3.05, 3.63) is 36.5 Å². The highest BCUT2D eigenvalue weighted by Crippen LogP contribution is 2.43. The van der Waals surface area contributed by atoms with Crippen LogP contribution < -0.4 is 0 Å². The zero-order chi connectivity index (χ0) is 47.4. The summed E-state index contributed by atoms with van der Waals surface area (Å²) in [4.78, 5) is 35.2. The molecule has 6 atom stereocenters. The number of aliphatic hydroxyl groups is 4. The van der Waals surface area contributed by atoms with E-state index < -0.39 is 70.6 Å². The van der Waals surface area contributed by atoms with Gasteiger partial charge in [-0.1, -0.05) is 192 Å². The molecular formula is C51H95O12P. The topological polar surface area (TPSA) is 189 Å². The predicted molar refractivity (Wildman–Crippen MR) is 259 cm³/mol. The molecule has 13 heteroatoms. The first kappa shape index (κ1) is 62.1. The number of allylic oxidation sites excluding steroid dienone is 5. The van der Waals surface area contributed by atoms with Crippen molar-refractivity contribution < 1.29 is 58.0 Å². The van der Waals surface area contributed by atoms with Gasteiger partial charge in [-0.15, -0.1) is 0 Å². The summed E-state index contributed by atoms with van der Waals surface area (Å²) in [5.41, 5.74) is 0. The number of rotatable bonds is 47. The van der Waals surface area contributed by atoms with Gasteiger partial charge in [0.1, 0.15) is 12.7 Å². The van der Waals surface area contributed by atoms with Gasteiger partial charge in [0.2, 0.25) is 0 Å². The third-order valence-electron chi connectivity index (χ3n) is 11.5. The van der Waals surface area contributed by atoms with Crippen LogP contribution in [0.5, 0.6) is 0 Å². The highest BCUT2D eigenvalue weighted by Gasteiger charge is 2.27. The number of unbranched alkanes of at least 4 members (excludes halogenated alkanes) is 20. The van der Waals surface area contributed by atoms with Crippen molar-refractivity contribution in [2.24, 2.45) is 5.92 Å². The van der Waals surface area contributed by atoms with Gasteiger partial charge in [0.05, 0.1) is 32.0 Å². The molecule has 4 unspecified atom stereocenters. The maximum Gasteiger partial charge on any atom is 0.472 e. The van der Waals surface area contributed by atoms with Crippen molar-refractivity contribution in [1.82, 2.24) is 0 Å². The Hall–Kier alpha value is -1.89. The summed E-state index contributed by atoms with van der Waals surface area (Å²) in [5.74, 6) is -0.316.